The zero-order chi connectivity index (χ0) is 13.8. The van der Waals surface area contributed by atoms with E-state index < -0.39 is 0 Å². The first-order valence-corrected chi connectivity index (χ1v) is 7.35. The summed E-state index contributed by atoms with van der Waals surface area (Å²) in [5.74, 6) is 5.32. The number of hydrogen-bond acceptors (Lipinski definition) is 2. The van der Waals surface area contributed by atoms with Crippen molar-refractivity contribution in [2.24, 2.45) is 5.84 Å². The van der Waals surface area contributed by atoms with Crippen LogP contribution in [0.3, 0.4) is 0 Å². The smallest absolute Gasteiger partial charge is 0.137 e. The van der Waals surface area contributed by atoms with E-state index in [1.807, 2.05) is 30.3 Å². The predicted molar refractivity (Wildman–Crippen MR) is 82.0 cm³/mol. The Balaban J connectivity index is 2.25. The first kappa shape index (κ1) is 14.7. The minimum Gasteiger partial charge on any atom is -0.271 e. The fourth-order valence-corrected chi connectivity index (χ4v) is 2.71. The van der Waals surface area contributed by atoms with Crippen molar-refractivity contribution < 1.29 is 4.39 Å². The van der Waals surface area contributed by atoms with Crippen LogP contribution in [0.2, 0.25) is 0 Å². The molecule has 0 aliphatic carbocycles. The highest BCUT2D eigenvalue weighted by atomic mass is 79.9. The zero-order valence-corrected chi connectivity index (χ0v) is 13.2. The molecule has 2 rings (SSSR count). The van der Waals surface area contributed by atoms with Gasteiger partial charge in [-0.3, -0.25) is 11.3 Å². The van der Waals surface area contributed by atoms with Gasteiger partial charge in [0.25, 0.3) is 0 Å². The van der Waals surface area contributed by atoms with Gasteiger partial charge in [0.1, 0.15) is 5.82 Å². The number of halogens is 3. The van der Waals surface area contributed by atoms with E-state index in [9.17, 15) is 4.39 Å². The second-order valence-electron chi connectivity index (χ2n) is 4.19. The van der Waals surface area contributed by atoms with Crippen LogP contribution in [0.25, 0.3) is 0 Å². The van der Waals surface area contributed by atoms with Gasteiger partial charge in [-0.1, -0.05) is 40.2 Å². The molecule has 0 aromatic heterocycles. The summed E-state index contributed by atoms with van der Waals surface area (Å²) in [7, 11) is 0. The topological polar surface area (TPSA) is 38.0 Å². The van der Waals surface area contributed by atoms with Crippen molar-refractivity contribution in [2.45, 2.75) is 12.5 Å². The lowest BCUT2D eigenvalue weighted by atomic mass is 9.99. The molecule has 0 bridgehead atoms. The summed E-state index contributed by atoms with van der Waals surface area (Å²) in [5, 5.41) is 0. The summed E-state index contributed by atoms with van der Waals surface area (Å²) >= 11 is 6.67. The van der Waals surface area contributed by atoms with Crippen LogP contribution in [-0.2, 0) is 6.42 Å². The molecule has 0 saturated heterocycles. The van der Waals surface area contributed by atoms with Crippen molar-refractivity contribution >= 4 is 31.9 Å². The molecule has 2 aromatic rings. The third kappa shape index (κ3) is 3.63. The average molecular weight is 388 g/mol. The predicted octanol–water partition coefficient (Wildman–Crippen LogP) is 4.10. The highest BCUT2D eigenvalue weighted by Gasteiger charge is 2.15. The van der Waals surface area contributed by atoms with Crippen LogP contribution in [0.1, 0.15) is 17.2 Å². The number of benzene rings is 2. The van der Waals surface area contributed by atoms with Crippen LogP contribution in [0.4, 0.5) is 4.39 Å². The Labute approximate surface area is 128 Å². The molecule has 0 aliphatic heterocycles. The van der Waals surface area contributed by atoms with E-state index in [1.165, 1.54) is 6.07 Å². The number of rotatable bonds is 4. The van der Waals surface area contributed by atoms with Gasteiger partial charge < -0.3 is 0 Å². The number of hydrogen-bond donors (Lipinski definition) is 2. The summed E-state index contributed by atoms with van der Waals surface area (Å²) < 4.78 is 15.0. The second-order valence-corrected chi connectivity index (χ2v) is 5.90. The SMILES string of the molecule is NNC(Cc1ccc(Br)cc1)c1cccc(F)c1Br. The summed E-state index contributed by atoms with van der Waals surface area (Å²) in [6, 6.07) is 12.8. The van der Waals surface area contributed by atoms with E-state index in [0.717, 1.165) is 15.6 Å². The van der Waals surface area contributed by atoms with Crippen molar-refractivity contribution in [1.82, 2.24) is 5.43 Å². The van der Waals surface area contributed by atoms with Crippen LogP contribution in [-0.4, -0.2) is 0 Å². The molecule has 1 atom stereocenters. The van der Waals surface area contributed by atoms with Crippen LogP contribution in [0.5, 0.6) is 0 Å². The van der Waals surface area contributed by atoms with Gasteiger partial charge in [0.05, 0.1) is 10.5 Å². The van der Waals surface area contributed by atoms with Gasteiger partial charge >= 0.3 is 0 Å². The number of hydrazine groups is 1. The van der Waals surface area contributed by atoms with E-state index in [-0.39, 0.29) is 11.9 Å². The van der Waals surface area contributed by atoms with Crippen molar-refractivity contribution in [3.8, 4) is 0 Å². The van der Waals surface area contributed by atoms with E-state index in [2.05, 4.69) is 37.3 Å². The second kappa shape index (κ2) is 6.61. The Kier molecular flexibility index (Phi) is 5.10. The van der Waals surface area contributed by atoms with E-state index in [4.69, 9.17) is 5.84 Å². The fourth-order valence-electron chi connectivity index (χ4n) is 1.90. The summed E-state index contributed by atoms with van der Waals surface area (Å²) in [6.07, 6.45) is 0.686. The molecule has 0 amide bonds. The molecule has 3 N–H and O–H groups in total. The Hall–Kier alpha value is -0.750. The zero-order valence-electron chi connectivity index (χ0n) is 10.0. The Morgan fingerprint density at radius 1 is 1.11 bits per heavy atom. The molecule has 0 fully saturated rings. The molecule has 5 heteroatoms. The highest BCUT2D eigenvalue weighted by molar-refractivity contribution is 9.10. The van der Waals surface area contributed by atoms with Gasteiger partial charge in [-0.25, -0.2) is 4.39 Å². The van der Waals surface area contributed by atoms with Gasteiger partial charge in [0.15, 0.2) is 0 Å². The maximum Gasteiger partial charge on any atom is 0.137 e. The Bertz CT molecular complexity index is 558. The van der Waals surface area contributed by atoms with Crippen molar-refractivity contribution in [1.29, 1.82) is 0 Å². The Morgan fingerprint density at radius 2 is 1.79 bits per heavy atom. The van der Waals surface area contributed by atoms with Crippen molar-refractivity contribution in [2.75, 3.05) is 0 Å². The molecule has 100 valence electrons. The minimum absolute atomic E-state index is 0.147. The maximum absolute atomic E-state index is 13.5. The maximum atomic E-state index is 13.5. The van der Waals surface area contributed by atoms with Gasteiger partial charge in [0.2, 0.25) is 0 Å². The van der Waals surface area contributed by atoms with Crippen LogP contribution >= 0.6 is 31.9 Å². The van der Waals surface area contributed by atoms with Gasteiger partial charge in [0, 0.05) is 4.47 Å². The van der Waals surface area contributed by atoms with Gasteiger partial charge in [-0.2, -0.15) is 0 Å². The molecule has 19 heavy (non-hydrogen) atoms. The standard InChI is InChI=1S/C14H13Br2FN2/c15-10-6-4-9(5-7-10)8-13(19-18)11-2-1-3-12(17)14(11)16/h1-7,13,19H,8,18H2. The van der Waals surface area contributed by atoms with Crippen molar-refractivity contribution in [3.05, 3.63) is 68.4 Å². The monoisotopic (exact) mass is 386 g/mol. The largest absolute Gasteiger partial charge is 0.271 e. The molecule has 2 aromatic carbocycles. The highest BCUT2D eigenvalue weighted by Crippen LogP contribution is 2.28. The number of nitrogens with two attached hydrogens (primary N) is 1. The van der Waals surface area contributed by atoms with Crippen LogP contribution in [0, 0.1) is 5.82 Å². The molecule has 0 aliphatic rings. The third-order valence-electron chi connectivity index (χ3n) is 2.91. The lowest BCUT2D eigenvalue weighted by Crippen LogP contribution is -2.30. The molecule has 1 unspecified atom stereocenters. The van der Waals surface area contributed by atoms with E-state index >= 15 is 0 Å². The van der Waals surface area contributed by atoms with E-state index in [0.29, 0.717) is 10.9 Å². The summed E-state index contributed by atoms with van der Waals surface area (Å²) in [4.78, 5) is 0. The average Bonchev–Trinajstić information content (AvgIpc) is 2.42. The molecular formula is C14H13Br2FN2. The first-order chi connectivity index (χ1) is 9.11. The van der Waals surface area contributed by atoms with Crippen LogP contribution < -0.4 is 11.3 Å². The van der Waals surface area contributed by atoms with Gasteiger partial charge in [-0.15, -0.1) is 0 Å². The molecule has 0 saturated carbocycles. The van der Waals surface area contributed by atoms with Crippen molar-refractivity contribution in [3.63, 3.8) is 0 Å². The third-order valence-corrected chi connectivity index (χ3v) is 4.28. The van der Waals surface area contributed by atoms with Crippen LogP contribution in [0.15, 0.2) is 51.4 Å². The Morgan fingerprint density at radius 3 is 2.42 bits per heavy atom. The molecular weight excluding hydrogens is 375 g/mol. The normalized spacial score (nSPS) is 12.4. The lowest BCUT2D eigenvalue weighted by Gasteiger charge is -2.18. The molecule has 0 heterocycles. The fraction of sp³-hybridized carbons (Fsp3) is 0.143. The van der Waals surface area contributed by atoms with E-state index in [1.54, 1.807) is 6.07 Å². The molecule has 0 spiro atoms. The number of nitrogens with one attached hydrogen (secondary N) is 1. The van der Waals surface area contributed by atoms with Gasteiger partial charge in [-0.05, 0) is 51.7 Å². The molecule has 2 nitrogen and oxygen atoms in total. The first-order valence-electron chi connectivity index (χ1n) is 5.76. The quantitative estimate of drug-likeness (QED) is 0.612. The summed E-state index contributed by atoms with van der Waals surface area (Å²) in [6.45, 7) is 0. The molecule has 0 radical (unpaired) electrons. The lowest BCUT2D eigenvalue weighted by molar-refractivity contribution is 0.540. The summed E-state index contributed by atoms with van der Waals surface area (Å²) in [5.41, 5.74) is 4.68. The minimum atomic E-state index is -0.284.